The normalized spacial score (nSPS) is 11.7. The Balaban J connectivity index is 2.19. The van der Waals surface area contributed by atoms with Crippen molar-refractivity contribution in [2.75, 3.05) is 25.5 Å². The molecule has 0 radical (unpaired) electrons. The molecule has 0 saturated carbocycles. The maximum absolute atomic E-state index is 13.5. The second kappa shape index (κ2) is 7.76. The second-order valence-corrected chi connectivity index (χ2v) is 5.51. The van der Waals surface area contributed by atoms with Crippen LogP contribution in [0.3, 0.4) is 0 Å². The Labute approximate surface area is 130 Å². The van der Waals surface area contributed by atoms with Crippen LogP contribution in [0.4, 0.5) is 4.39 Å². The molecule has 1 aromatic heterocycles. The lowest BCUT2D eigenvalue weighted by atomic mass is 10.3. The molecule has 0 N–H and O–H groups in total. The Bertz CT molecular complexity index is 578. The third-order valence-electron chi connectivity index (χ3n) is 3.86. The zero-order valence-electron chi connectivity index (χ0n) is 12.8. The fourth-order valence-corrected chi connectivity index (χ4v) is 2.83. The van der Waals surface area contributed by atoms with Gasteiger partial charge in [0.05, 0.1) is 11.0 Å². The smallest absolute Gasteiger partial charge is 0.125 e. The number of benzene rings is 1. The molecule has 1 aromatic carbocycles. The van der Waals surface area contributed by atoms with Crippen LogP contribution in [0.15, 0.2) is 18.2 Å². The molecule has 3 nitrogen and oxygen atoms in total. The van der Waals surface area contributed by atoms with Crippen LogP contribution in [0.2, 0.25) is 0 Å². The van der Waals surface area contributed by atoms with Crippen molar-refractivity contribution in [3.63, 3.8) is 0 Å². The summed E-state index contributed by atoms with van der Waals surface area (Å²) < 4.78 is 15.6. The fourth-order valence-electron chi connectivity index (χ4n) is 2.66. The number of aromatic nitrogens is 2. The topological polar surface area (TPSA) is 21.1 Å². The van der Waals surface area contributed by atoms with E-state index in [0.717, 1.165) is 49.5 Å². The van der Waals surface area contributed by atoms with E-state index >= 15 is 0 Å². The molecule has 0 amide bonds. The predicted molar refractivity (Wildman–Crippen MR) is 86.5 cm³/mol. The Hall–Kier alpha value is -1.13. The number of aryl methyl sites for hydroxylation is 2. The predicted octanol–water partition coefficient (Wildman–Crippen LogP) is 3.69. The zero-order valence-corrected chi connectivity index (χ0v) is 13.5. The lowest BCUT2D eigenvalue weighted by molar-refractivity contribution is 0.293. The molecule has 2 aromatic rings. The van der Waals surface area contributed by atoms with Gasteiger partial charge in [-0.1, -0.05) is 13.8 Å². The molecule has 0 bridgehead atoms. The van der Waals surface area contributed by atoms with Gasteiger partial charge < -0.3 is 9.47 Å². The number of imidazole rings is 1. The molecule has 1 heterocycles. The van der Waals surface area contributed by atoms with Gasteiger partial charge in [0.1, 0.15) is 11.6 Å². The monoisotopic (exact) mass is 311 g/mol. The number of alkyl halides is 1. The highest BCUT2D eigenvalue weighted by Crippen LogP contribution is 2.19. The van der Waals surface area contributed by atoms with Gasteiger partial charge in [-0.15, -0.1) is 11.6 Å². The van der Waals surface area contributed by atoms with Gasteiger partial charge in [0.15, 0.2) is 0 Å². The summed E-state index contributed by atoms with van der Waals surface area (Å²) in [6.45, 7) is 8.36. The Morgan fingerprint density at radius 2 is 2.05 bits per heavy atom. The molecule has 0 spiro atoms. The highest BCUT2D eigenvalue weighted by Gasteiger charge is 2.11. The van der Waals surface area contributed by atoms with Gasteiger partial charge in [0.25, 0.3) is 0 Å². The van der Waals surface area contributed by atoms with Gasteiger partial charge >= 0.3 is 0 Å². The van der Waals surface area contributed by atoms with Crippen LogP contribution in [-0.2, 0) is 13.0 Å². The molecule has 0 fully saturated rings. The van der Waals surface area contributed by atoms with Crippen LogP contribution in [0.25, 0.3) is 11.0 Å². The van der Waals surface area contributed by atoms with Crippen molar-refractivity contribution < 1.29 is 4.39 Å². The van der Waals surface area contributed by atoms with Gasteiger partial charge in [0, 0.05) is 18.8 Å². The fraction of sp³-hybridized carbons (Fsp3) is 0.562. The van der Waals surface area contributed by atoms with Crippen molar-refractivity contribution in [1.29, 1.82) is 0 Å². The van der Waals surface area contributed by atoms with Gasteiger partial charge in [-0.05, 0) is 44.3 Å². The first-order valence-corrected chi connectivity index (χ1v) is 8.16. The van der Waals surface area contributed by atoms with Crippen molar-refractivity contribution in [1.82, 2.24) is 14.5 Å². The largest absolute Gasteiger partial charge is 0.328 e. The average molecular weight is 312 g/mol. The molecule has 0 aliphatic rings. The summed E-state index contributed by atoms with van der Waals surface area (Å²) in [5, 5.41) is 0. The summed E-state index contributed by atoms with van der Waals surface area (Å²) in [7, 11) is 0. The molecule has 0 aliphatic carbocycles. The van der Waals surface area contributed by atoms with E-state index in [2.05, 4.69) is 28.3 Å². The molecule has 0 aliphatic heterocycles. The molecule has 0 unspecified atom stereocenters. The molecule has 116 valence electrons. The number of nitrogens with zero attached hydrogens (tertiary/aromatic N) is 3. The number of halogens is 2. The SMILES string of the molecule is CCN(CC)CCCn1c(CCCl)nc2ccc(F)cc21. The van der Waals surface area contributed by atoms with E-state index in [1.54, 1.807) is 12.1 Å². The third-order valence-corrected chi connectivity index (χ3v) is 4.05. The Morgan fingerprint density at radius 1 is 1.29 bits per heavy atom. The molecule has 0 atom stereocenters. The first-order chi connectivity index (χ1) is 10.2. The summed E-state index contributed by atoms with van der Waals surface area (Å²) in [5.41, 5.74) is 1.72. The van der Waals surface area contributed by atoms with E-state index in [1.807, 2.05) is 0 Å². The zero-order chi connectivity index (χ0) is 15.2. The van der Waals surface area contributed by atoms with Crippen molar-refractivity contribution >= 4 is 22.6 Å². The first-order valence-electron chi connectivity index (χ1n) is 7.62. The lowest BCUT2D eigenvalue weighted by Gasteiger charge is -2.18. The van der Waals surface area contributed by atoms with Crippen molar-refractivity contribution in [3.8, 4) is 0 Å². The molecular weight excluding hydrogens is 289 g/mol. The van der Waals surface area contributed by atoms with Crippen LogP contribution in [0.1, 0.15) is 26.1 Å². The summed E-state index contributed by atoms with van der Waals surface area (Å²) in [5.74, 6) is 1.26. The maximum atomic E-state index is 13.5. The minimum absolute atomic E-state index is 0.218. The standard InChI is InChI=1S/C16H23ClFN3/c1-3-20(4-2)10-5-11-21-15-12-13(18)6-7-14(15)19-16(21)8-9-17/h6-7,12H,3-5,8-11H2,1-2H3. The molecule has 21 heavy (non-hydrogen) atoms. The number of rotatable bonds is 8. The molecule has 5 heteroatoms. The molecule has 0 saturated heterocycles. The Kier molecular flexibility index (Phi) is 6.00. The van der Waals surface area contributed by atoms with Crippen LogP contribution < -0.4 is 0 Å². The third kappa shape index (κ3) is 3.95. The van der Waals surface area contributed by atoms with E-state index in [-0.39, 0.29) is 5.82 Å². The van der Waals surface area contributed by atoms with E-state index in [1.165, 1.54) is 6.07 Å². The van der Waals surface area contributed by atoms with Gasteiger partial charge in [-0.2, -0.15) is 0 Å². The van der Waals surface area contributed by atoms with Crippen molar-refractivity contribution in [2.45, 2.75) is 33.2 Å². The van der Waals surface area contributed by atoms with Crippen LogP contribution in [-0.4, -0.2) is 40.0 Å². The van der Waals surface area contributed by atoms with E-state index in [0.29, 0.717) is 12.3 Å². The molecular formula is C16H23ClFN3. The lowest BCUT2D eigenvalue weighted by Crippen LogP contribution is -2.25. The minimum atomic E-state index is -0.218. The minimum Gasteiger partial charge on any atom is -0.328 e. The van der Waals surface area contributed by atoms with E-state index in [9.17, 15) is 4.39 Å². The summed E-state index contributed by atoms with van der Waals surface area (Å²) in [6, 6.07) is 4.76. The highest BCUT2D eigenvalue weighted by atomic mass is 35.5. The van der Waals surface area contributed by atoms with Crippen molar-refractivity contribution in [2.24, 2.45) is 0 Å². The summed E-state index contributed by atoms with van der Waals surface area (Å²) in [6.07, 6.45) is 1.74. The van der Waals surface area contributed by atoms with E-state index in [4.69, 9.17) is 11.6 Å². The number of hydrogen-bond acceptors (Lipinski definition) is 2. The average Bonchev–Trinajstić information content (AvgIpc) is 2.81. The van der Waals surface area contributed by atoms with Crippen molar-refractivity contribution in [3.05, 3.63) is 29.8 Å². The number of fused-ring (bicyclic) bond motifs is 1. The van der Waals surface area contributed by atoms with Crippen LogP contribution in [0, 0.1) is 5.82 Å². The molecule has 2 rings (SSSR count). The highest BCUT2D eigenvalue weighted by molar-refractivity contribution is 6.17. The van der Waals surface area contributed by atoms with E-state index < -0.39 is 0 Å². The van der Waals surface area contributed by atoms with Gasteiger partial charge in [-0.3, -0.25) is 0 Å². The van der Waals surface area contributed by atoms with Crippen LogP contribution in [0.5, 0.6) is 0 Å². The maximum Gasteiger partial charge on any atom is 0.125 e. The number of hydrogen-bond donors (Lipinski definition) is 0. The quantitative estimate of drug-likeness (QED) is 0.693. The Morgan fingerprint density at radius 3 is 2.71 bits per heavy atom. The summed E-state index contributed by atoms with van der Waals surface area (Å²) >= 11 is 5.86. The van der Waals surface area contributed by atoms with Gasteiger partial charge in [0.2, 0.25) is 0 Å². The second-order valence-electron chi connectivity index (χ2n) is 5.13. The summed E-state index contributed by atoms with van der Waals surface area (Å²) in [4.78, 5) is 6.97. The van der Waals surface area contributed by atoms with Gasteiger partial charge in [-0.25, -0.2) is 9.37 Å². The first kappa shape index (κ1) is 16.2. The van der Waals surface area contributed by atoms with Crippen LogP contribution >= 0.6 is 11.6 Å².